The lowest BCUT2D eigenvalue weighted by molar-refractivity contribution is -0.174. The number of rotatable bonds is 7. The molecular weight excluding hydrogens is 277 g/mol. The zero-order valence-electron chi connectivity index (χ0n) is 10.6. The molecule has 0 aliphatic rings. The molecule has 0 fully saturated rings. The lowest BCUT2D eigenvalue weighted by Crippen LogP contribution is -2.23. The van der Waals surface area contributed by atoms with Gasteiger partial charge in [0.15, 0.2) is 0 Å². The van der Waals surface area contributed by atoms with E-state index in [1.165, 1.54) is 0 Å². The van der Waals surface area contributed by atoms with Gasteiger partial charge in [-0.3, -0.25) is 4.79 Å². The first-order valence-electron chi connectivity index (χ1n) is 5.78. The van der Waals surface area contributed by atoms with Crippen LogP contribution in [0.3, 0.4) is 0 Å². The molecule has 3 N–H and O–H groups in total. The summed E-state index contributed by atoms with van der Waals surface area (Å²) in [5, 5.41) is 2.40. The second kappa shape index (κ2) is 7.71. The maximum atomic E-state index is 11.8. The number of ether oxygens (including phenoxy) is 2. The van der Waals surface area contributed by atoms with Crippen molar-refractivity contribution in [3.63, 3.8) is 0 Å². The summed E-state index contributed by atoms with van der Waals surface area (Å²) in [6, 6.07) is 6.35. The lowest BCUT2D eigenvalue weighted by atomic mass is 10.3. The number of benzene rings is 1. The van der Waals surface area contributed by atoms with Crippen LogP contribution in [-0.4, -0.2) is 38.4 Å². The first-order valence-corrected chi connectivity index (χ1v) is 5.78. The van der Waals surface area contributed by atoms with E-state index in [0.29, 0.717) is 24.6 Å². The topological polar surface area (TPSA) is 73.6 Å². The van der Waals surface area contributed by atoms with E-state index in [1.54, 1.807) is 24.3 Å². The zero-order chi connectivity index (χ0) is 15.0. The Morgan fingerprint density at radius 3 is 2.45 bits per heavy atom. The standard InChI is InChI=1S/C12H15F3N2O3/c13-12(14,15)8-19-7-11(18)17-9-1-3-10(4-2-9)20-6-5-16/h1-4H,5-8,16H2,(H,17,18). The molecule has 0 atom stereocenters. The van der Waals surface area contributed by atoms with Gasteiger partial charge in [0.2, 0.25) is 5.91 Å². The Balaban J connectivity index is 2.34. The number of nitrogens with one attached hydrogen (secondary N) is 1. The molecule has 0 aliphatic heterocycles. The van der Waals surface area contributed by atoms with E-state index in [9.17, 15) is 18.0 Å². The van der Waals surface area contributed by atoms with Gasteiger partial charge in [0, 0.05) is 12.2 Å². The Kier molecular flexibility index (Phi) is 6.26. The smallest absolute Gasteiger partial charge is 0.411 e. The molecule has 1 rings (SSSR count). The van der Waals surface area contributed by atoms with Gasteiger partial charge in [-0.15, -0.1) is 0 Å². The van der Waals surface area contributed by atoms with Gasteiger partial charge in [0.25, 0.3) is 0 Å². The molecule has 1 aromatic carbocycles. The molecular formula is C12H15F3N2O3. The second-order valence-electron chi connectivity index (χ2n) is 3.82. The fourth-order valence-electron chi connectivity index (χ4n) is 1.27. The van der Waals surface area contributed by atoms with Crippen LogP contribution in [0, 0.1) is 0 Å². The van der Waals surface area contributed by atoms with Gasteiger partial charge >= 0.3 is 6.18 Å². The second-order valence-corrected chi connectivity index (χ2v) is 3.82. The molecule has 0 saturated heterocycles. The summed E-state index contributed by atoms with van der Waals surface area (Å²) in [5.74, 6) is -0.0772. The Bertz CT molecular complexity index is 421. The highest BCUT2D eigenvalue weighted by molar-refractivity contribution is 5.91. The van der Waals surface area contributed by atoms with Crippen LogP contribution in [0.2, 0.25) is 0 Å². The monoisotopic (exact) mass is 292 g/mol. The Labute approximate surface area is 113 Å². The first kappa shape index (κ1) is 16.3. The molecule has 5 nitrogen and oxygen atoms in total. The Morgan fingerprint density at radius 1 is 1.25 bits per heavy atom. The predicted octanol–water partition coefficient (Wildman–Crippen LogP) is 1.54. The molecule has 0 unspecified atom stereocenters. The van der Waals surface area contributed by atoms with Crippen LogP contribution in [0.15, 0.2) is 24.3 Å². The third-order valence-corrected chi connectivity index (χ3v) is 2.02. The molecule has 0 heterocycles. The fraction of sp³-hybridized carbons (Fsp3) is 0.417. The fourth-order valence-corrected chi connectivity index (χ4v) is 1.27. The largest absolute Gasteiger partial charge is 0.492 e. The van der Waals surface area contributed by atoms with Crippen LogP contribution in [0.1, 0.15) is 0 Å². The van der Waals surface area contributed by atoms with E-state index in [1.807, 2.05) is 0 Å². The Morgan fingerprint density at radius 2 is 1.90 bits per heavy atom. The van der Waals surface area contributed by atoms with Crippen molar-refractivity contribution >= 4 is 11.6 Å². The minimum absolute atomic E-state index is 0.372. The average Bonchev–Trinajstić information content (AvgIpc) is 2.36. The number of carbonyl (C=O) groups excluding carboxylic acids is 1. The third-order valence-electron chi connectivity index (χ3n) is 2.02. The molecule has 8 heteroatoms. The van der Waals surface area contributed by atoms with Crippen molar-refractivity contribution in [2.75, 3.05) is 31.7 Å². The molecule has 0 radical (unpaired) electrons. The van der Waals surface area contributed by atoms with Crippen molar-refractivity contribution in [2.24, 2.45) is 5.73 Å². The molecule has 112 valence electrons. The summed E-state index contributed by atoms with van der Waals surface area (Å²) >= 11 is 0. The number of carbonyl (C=O) groups is 1. The van der Waals surface area contributed by atoms with E-state index in [0.717, 1.165) is 0 Å². The van der Waals surface area contributed by atoms with Crippen LogP contribution in [0.4, 0.5) is 18.9 Å². The maximum Gasteiger partial charge on any atom is 0.411 e. The minimum atomic E-state index is -4.44. The van der Waals surface area contributed by atoms with Gasteiger partial charge in [-0.1, -0.05) is 0 Å². The summed E-state index contributed by atoms with van der Waals surface area (Å²) in [5.41, 5.74) is 5.71. The quantitative estimate of drug-likeness (QED) is 0.799. The predicted molar refractivity (Wildman–Crippen MR) is 66.5 cm³/mol. The molecule has 0 spiro atoms. The normalized spacial score (nSPS) is 11.2. The van der Waals surface area contributed by atoms with Crippen LogP contribution in [0.5, 0.6) is 5.75 Å². The summed E-state index contributed by atoms with van der Waals surface area (Å²) in [6.07, 6.45) is -4.44. The van der Waals surface area contributed by atoms with E-state index < -0.39 is 25.3 Å². The van der Waals surface area contributed by atoms with Gasteiger partial charge in [-0.25, -0.2) is 0 Å². The van der Waals surface area contributed by atoms with Gasteiger partial charge in [0.05, 0.1) is 0 Å². The summed E-state index contributed by atoms with van der Waals surface area (Å²) in [6.45, 7) is -1.36. The molecule has 0 aliphatic carbocycles. The van der Waals surface area contributed by atoms with Crippen LogP contribution < -0.4 is 15.8 Å². The SMILES string of the molecule is NCCOc1ccc(NC(=O)COCC(F)(F)F)cc1. The van der Waals surface area contributed by atoms with E-state index in [2.05, 4.69) is 10.1 Å². The van der Waals surface area contributed by atoms with Crippen LogP contribution in [-0.2, 0) is 9.53 Å². The number of hydrogen-bond donors (Lipinski definition) is 2. The maximum absolute atomic E-state index is 11.8. The van der Waals surface area contributed by atoms with Crippen molar-refractivity contribution in [3.8, 4) is 5.75 Å². The summed E-state index contributed by atoms with van der Waals surface area (Å²) in [7, 11) is 0. The van der Waals surface area contributed by atoms with Crippen LogP contribution in [0.25, 0.3) is 0 Å². The average molecular weight is 292 g/mol. The van der Waals surface area contributed by atoms with Crippen molar-refractivity contribution in [3.05, 3.63) is 24.3 Å². The minimum Gasteiger partial charge on any atom is -0.492 e. The third kappa shape index (κ3) is 6.95. The number of halogens is 3. The number of hydrogen-bond acceptors (Lipinski definition) is 4. The highest BCUT2D eigenvalue weighted by atomic mass is 19.4. The molecule has 0 saturated carbocycles. The van der Waals surface area contributed by atoms with Crippen molar-refractivity contribution in [2.45, 2.75) is 6.18 Å². The molecule has 1 amide bonds. The van der Waals surface area contributed by atoms with Crippen molar-refractivity contribution in [1.82, 2.24) is 0 Å². The summed E-state index contributed by atoms with van der Waals surface area (Å²) < 4.78 is 44.9. The summed E-state index contributed by atoms with van der Waals surface area (Å²) in [4.78, 5) is 11.3. The lowest BCUT2D eigenvalue weighted by Gasteiger charge is -2.09. The number of amides is 1. The van der Waals surface area contributed by atoms with Gasteiger partial charge in [-0.05, 0) is 24.3 Å². The van der Waals surface area contributed by atoms with E-state index >= 15 is 0 Å². The molecule has 1 aromatic rings. The molecule has 0 bridgehead atoms. The van der Waals surface area contributed by atoms with E-state index in [4.69, 9.17) is 10.5 Å². The van der Waals surface area contributed by atoms with Crippen molar-refractivity contribution < 1.29 is 27.4 Å². The zero-order valence-corrected chi connectivity index (χ0v) is 10.6. The van der Waals surface area contributed by atoms with Crippen molar-refractivity contribution in [1.29, 1.82) is 0 Å². The van der Waals surface area contributed by atoms with Gasteiger partial charge < -0.3 is 20.5 Å². The number of alkyl halides is 3. The van der Waals surface area contributed by atoms with Gasteiger partial charge in [-0.2, -0.15) is 13.2 Å². The first-order chi connectivity index (χ1) is 9.40. The van der Waals surface area contributed by atoms with Gasteiger partial charge in [0.1, 0.15) is 25.6 Å². The number of nitrogens with two attached hydrogens (primary N) is 1. The highest BCUT2D eigenvalue weighted by Crippen LogP contribution is 2.16. The molecule has 20 heavy (non-hydrogen) atoms. The number of anilines is 1. The van der Waals surface area contributed by atoms with E-state index in [-0.39, 0.29) is 0 Å². The highest BCUT2D eigenvalue weighted by Gasteiger charge is 2.27. The molecule has 0 aromatic heterocycles. The van der Waals surface area contributed by atoms with Crippen LogP contribution >= 0.6 is 0 Å². The Hall–Kier alpha value is -1.80.